The molecule has 0 aliphatic rings. The quantitative estimate of drug-likeness (QED) is 0.788. The van der Waals surface area contributed by atoms with Crippen molar-refractivity contribution in [3.05, 3.63) is 35.8 Å². The van der Waals surface area contributed by atoms with Crippen LogP contribution in [0.1, 0.15) is 11.5 Å². The smallest absolute Gasteiger partial charge is 0.183 e. The van der Waals surface area contributed by atoms with Crippen LogP contribution in [-0.2, 0) is 20.5 Å². The Bertz CT molecular complexity index is 766. The second kappa shape index (κ2) is 4.76. The molecule has 3 aromatic rings. The largest absolute Gasteiger partial charge is 0.347 e. The lowest BCUT2D eigenvalue weighted by molar-refractivity contribution is 0.697. The van der Waals surface area contributed by atoms with Crippen molar-refractivity contribution in [3.8, 4) is 11.4 Å². The van der Waals surface area contributed by atoms with Crippen LogP contribution in [-0.4, -0.2) is 25.9 Å². The number of aromatic nitrogens is 4. The zero-order valence-corrected chi connectivity index (χ0v) is 12.1. The van der Waals surface area contributed by atoms with Crippen molar-refractivity contribution in [2.24, 2.45) is 19.8 Å². The number of hydrogen-bond donors (Lipinski definition) is 1. The minimum Gasteiger partial charge on any atom is -0.347 e. The SMILES string of the molecule is Cc1c(-c2nc(CCN)n(C)n2)c2ccccc2n1C. The number of nitrogens with two attached hydrogens (primary N) is 1. The first-order chi connectivity index (χ1) is 9.63. The summed E-state index contributed by atoms with van der Waals surface area (Å²) in [5.41, 5.74) is 9.11. The van der Waals surface area contributed by atoms with E-state index in [4.69, 9.17) is 5.73 Å². The molecule has 5 nitrogen and oxygen atoms in total. The van der Waals surface area contributed by atoms with Gasteiger partial charge in [0, 0.05) is 42.7 Å². The molecule has 1 aromatic carbocycles. The van der Waals surface area contributed by atoms with E-state index in [2.05, 4.69) is 52.9 Å². The van der Waals surface area contributed by atoms with Crippen molar-refractivity contribution in [2.75, 3.05) is 6.54 Å². The highest BCUT2D eigenvalue weighted by atomic mass is 15.3. The van der Waals surface area contributed by atoms with E-state index >= 15 is 0 Å². The third-order valence-electron chi connectivity index (χ3n) is 3.84. The van der Waals surface area contributed by atoms with Crippen molar-refractivity contribution in [2.45, 2.75) is 13.3 Å². The molecule has 20 heavy (non-hydrogen) atoms. The molecule has 3 rings (SSSR count). The monoisotopic (exact) mass is 269 g/mol. The van der Waals surface area contributed by atoms with Gasteiger partial charge >= 0.3 is 0 Å². The van der Waals surface area contributed by atoms with E-state index in [-0.39, 0.29) is 0 Å². The molecular weight excluding hydrogens is 250 g/mol. The van der Waals surface area contributed by atoms with Crippen LogP contribution in [0.5, 0.6) is 0 Å². The number of fused-ring (bicyclic) bond motifs is 1. The first-order valence-corrected chi connectivity index (χ1v) is 6.78. The van der Waals surface area contributed by atoms with Gasteiger partial charge in [-0.15, -0.1) is 0 Å². The Labute approximate surface area is 118 Å². The van der Waals surface area contributed by atoms with Gasteiger partial charge in [-0.1, -0.05) is 18.2 Å². The maximum absolute atomic E-state index is 5.62. The summed E-state index contributed by atoms with van der Waals surface area (Å²) in [6.45, 7) is 2.69. The van der Waals surface area contributed by atoms with E-state index in [0.29, 0.717) is 6.54 Å². The molecule has 5 heteroatoms. The third-order valence-corrected chi connectivity index (χ3v) is 3.84. The lowest BCUT2D eigenvalue weighted by Gasteiger charge is -1.98. The van der Waals surface area contributed by atoms with Gasteiger partial charge in [0.25, 0.3) is 0 Å². The molecule has 2 aromatic heterocycles. The molecule has 0 bridgehead atoms. The van der Waals surface area contributed by atoms with Crippen LogP contribution in [0.15, 0.2) is 24.3 Å². The molecule has 0 radical (unpaired) electrons. The zero-order valence-electron chi connectivity index (χ0n) is 12.1. The summed E-state index contributed by atoms with van der Waals surface area (Å²) >= 11 is 0. The van der Waals surface area contributed by atoms with Gasteiger partial charge in [-0.2, -0.15) is 5.10 Å². The van der Waals surface area contributed by atoms with E-state index in [0.717, 1.165) is 23.6 Å². The van der Waals surface area contributed by atoms with Crippen LogP contribution in [0.3, 0.4) is 0 Å². The number of benzene rings is 1. The van der Waals surface area contributed by atoms with E-state index in [9.17, 15) is 0 Å². The Balaban J connectivity index is 2.24. The second-order valence-electron chi connectivity index (χ2n) is 5.05. The summed E-state index contributed by atoms with van der Waals surface area (Å²) in [5, 5.41) is 5.75. The van der Waals surface area contributed by atoms with Gasteiger partial charge in [-0.3, -0.25) is 4.68 Å². The fourth-order valence-electron chi connectivity index (χ4n) is 2.67. The summed E-state index contributed by atoms with van der Waals surface area (Å²) in [6, 6.07) is 8.35. The van der Waals surface area contributed by atoms with Crippen LogP contribution < -0.4 is 5.73 Å². The average molecular weight is 269 g/mol. The zero-order chi connectivity index (χ0) is 14.3. The van der Waals surface area contributed by atoms with Gasteiger partial charge in [-0.25, -0.2) is 4.98 Å². The van der Waals surface area contributed by atoms with Gasteiger partial charge in [0.05, 0.1) is 0 Å². The van der Waals surface area contributed by atoms with Gasteiger partial charge in [0.1, 0.15) is 5.82 Å². The van der Waals surface area contributed by atoms with E-state index in [1.54, 1.807) is 0 Å². The standard InChI is InChI=1S/C15H19N5/c1-10-14(11-6-4-5-7-12(11)19(10)2)15-17-13(8-9-16)20(3)18-15/h4-7H,8-9,16H2,1-3H3. The minimum absolute atomic E-state index is 0.584. The summed E-state index contributed by atoms with van der Waals surface area (Å²) in [6.07, 6.45) is 0.743. The van der Waals surface area contributed by atoms with Crippen molar-refractivity contribution in [1.29, 1.82) is 0 Å². The molecule has 104 valence electrons. The molecule has 2 N–H and O–H groups in total. The van der Waals surface area contributed by atoms with Gasteiger partial charge in [-0.05, 0) is 19.5 Å². The van der Waals surface area contributed by atoms with Crippen molar-refractivity contribution >= 4 is 10.9 Å². The summed E-state index contributed by atoms with van der Waals surface area (Å²) < 4.78 is 4.01. The molecule has 0 amide bonds. The number of para-hydroxylation sites is 1. The number of aryl methyl sites for hydroxylation is 2. The highest BCUT2D eigenvalue weighted by Crippen LogP contribution is 2.31. The van der Waals surface area contributed by atoms with Crippen LogP contribution in [0.2, 0.25) is 0 Å². The Hall–Kier alpha value is -2.14. The van der Waals surface area contributed by atoms with Crippen LogP contribution >= 0.6 is 0 Å². The second-order valence-corrected chi connectivity index (χ2v) is 5.05. The van der Waals surface area contributed by atoms with Gasteiger partial charge in [0.2, 0.25) is 0 Å². The van der Waals surface area contributed by atoms with Crippen LogP contribution in [0, 0.1) is 6.92 Å². The summed E-state index contributed by atoms with van der Waals surface area (Å²) in [4.78, 5) is 4.65. The first kappa shape index (κ1) is 12.9. The lowest BCUT2D eigenvalue weighted by atomic mass is 10.1. The van der Waals surface area contributed by atoms with Crippen LogP contribution in [0.4, 0.5) is 0 Å². The first-order valence-electron chi connectivity index (χ1n) is 6.78. The number of hydrogen-bond acceptors (Lipinski definition) is 3. The van der Waals surface area contributed by atoms with Crippen molar-refractivity contribution in [1.82, 2.24) is 19.3 Å². The van der Waals surface area contributed by atoms with Crippen LogP contribution in [0.25, 0.3) is 22.3 Å². The molecule has 2 heterocycles. The Kier molecular flexibility index (Phi) is 3.06. The highest BCUT2D eigenvalue weighted by molar-refractivity contribution is 5.96. The molecule has 0 unspecified atom stereocenters. The predicted molar refractivity (Wildman–Crippen MR) is 80.4 cm³/mol. The molecule has 0 aliphatic carbocycles. The number of nitrogens with zero attached hydrogens (tertiary/aromatic N) is 4. The highest BCUT2D eigenvalue weighted by Gasteiger charge is 2.18. The third kappa shape index (κ3) is 1.82. The fourth-order valence-corrected chi connectivity index (χ4v) is 2.67. The van der Waals surface area contributed by atoms with E-state index in [1.165, 1.54) is 16.6 Å². The Morgan fingerprint density at radius 3 is 2.70 bits per heavy atom. The fraction of sp³-hybridized carbons (Fsp3) is 0.333. The normalized spacial score (nSPS) is 11.4. The Morgan fingerprint density at radius 2 is 1.95 bits per heavy atom. The van der Waals surface area contributed by atoms with E-state index in [1.807, 2.05) is 11.7 Å². The topological polar surface area (TPSA) is 61.7 Å². The van der Waals surface area contributed by atoms with Crippen molar-refractivity contribution in [3.63, 3.8) is 0 Å². The molecule has 0 fully saturated rings. The molecule has 0 spiro atoms. The average Bonchev–Trinajstić information content (AvgIpc) is 2.91. The minimum atomic E-state index is 0.584. The molecule has 0 saturated heterocycles. The molecule has 0 atom stereocenters. The maximum atomic E-state index is 5.62. The molecule has 0 saturated carbocycles. The Morgan fingerprint density at radius 1 is 1.20 bits per heavy atom. The van der Waals surface area contributed by atoms with Gasteiger partial charge in [0.15, 0.2) is 5.82 Å². The number of rotatable bonds is 3. The summed E-state index contributed by atoms with van der Waals surface area (Å²) in [7, 11) is 3.99. The van der Waals surface area contributed by atoms with Crippen molar-refractivity contribution < 1.29 is 0 Å². The molecule has 0 aliphatic heterocycles. The lowest BCUT2D eigenvalue weighted by Crippen LogP contribution is -2.08. The van der Waals surface area contributed by atoms with Gasteiger partial charge < -0.3 is 10.3 Å². The molecular formula is C15H19N5. The maximum Gasteiger partial charge on any atom is 0.183 e. The van der Waals surface area contributed by atoms with E-state index < -0.39 is 0 Å². The summed E-state index contributed by atoms with van der Waals surface area (Å²) in [5.74, 6) is 1.71. The predicted octanol–water partition coefficient (Wildman–Crippen LogP) is 1.78.